The largest absolute Gasteiger partial charge is 0.367 e. The van der Waals surface area contributed by atoms with E-state index in [2.05, 4.69) is 10.3 Å². The Kier molecular flexibility index (Phi) is 2.80. The van der Waals surface area contributed by atoms with Gasteiger partial charge in [0.1, 0.15) is 0 Å². The lowest BCUT2D eigenvalue weighted by molar-refractivity contribution is 0.549. The molecule has 82 valence electrons. The average Bonchev–Trinajstić information content (AvgIpc) is 2.97. The van der Waals surface area contributed by atoms with E-state index in [1.807, 2.05) is 0 Å². The standard InChI is InChI=1S/C10H13ClFN3/c11-7-3-8(12)9(14-4-7)15-6-10(5-13)1-2-10/h3-4H,1-2,5-6,13H2,(H,14,15). The lowest BCUT2D eigenvalue weighted by Gasteiger charge is -2.13. The Morgan fingerprint density at radius 1 is 1.60 bits per heavy atom. The molecular weight excluding hydrogens is 217 g/mol. The Labute approximate surface area is 92.8 Å². The summed E-state index contributed by atoms with van der Waals surface area (Å²) in [5.41, 5.74) is 5.78. The minimum atomic E-state index is -0.421. The monoisotopic (exact) mass is 229 g/mol. The van der Waals surface area contributed by atoms with Gasteiger partial charge in [-0.1, -0.05) is 11.6 Å². The third kappa shape index (κ3) is 2.38. The molecule has 15 heavy (non-hydrogen) atoms. The predicted octanol–water partition coefficient (Wildman–Crippen LogP) is 2.02. The van der Waals surface area contributed by atoms with Crippen molar-refractivity contribution in [2.24, 2.45) is 11.1 Å². The predicted molar refractivity (Wildman–Crippen MR) is 58.4 cm³/mol. The molecule has 1 aliphatic carbocycles. The second-order valence-corrected chi connectivity index (χ2v) is 4.48. The number of halogens is 2. The molecule has 1 aromatic heterocycles. The van der Waals surface area contributed by atoms with Gasteiger partial charge in [-0.05, 0) is 30.9 Å². The van der Waals surface area contributed by atoms with Crippen LogP contribution in [0, 0.1) is 11.2 Å². The molecule has 0 saturated heterocycles. The van der Waals surface area contributed by atoms with Gasteiger partial charge in [0.05, 0.1) is 5.02 Å². The van der Waals surface area contributed by atoms with E-state index in [9.17, 15) is 4.39 Å². The fraction of sp³-hybridized carbons (Fsp3) is 0.500. The number of rotatable bonds is 4. The maximum Gasteiger partial charge on any atom is 0.166 e. The molecule has 1 saturated carbocycles. The van der Waals surface area contributed by atoms with Crippen LogP contribution in [0.4, 0.5) is 10.2 Å². The minimum absolute atomic E-state index is 0.160. The number of aromatic nitrogens is 1. The van der Waals surface area contributed by atoms with Crippen molar-refractivity contribution in [2.75, 3.05) is 18.4 Å². The van der Waals surface area contributed by atoms with Crippen molar-refractivity contribution in [3.8, 4) is 0 Å². The third-order valence-electron chi connectivity index (χ3n) is 2.83. The van der Waals surface area contributed by atoms with Gasteiger partial charge in [-0.2, -0.15) is 0 Å². The number of hydrogen-bond donors (Lipinski definition) is 2. The summed E-state index contributed by atoms with van der Waals surface area (Å²) in [5.74, 6) is -0.172. The van der Waals surface area contributed by atoms with Gasteiger partial charge in [-0.25, -0.2) is 9.37 Å². The molecule has 1 heterocycles. The van der Waals surface area contributed by atoms with Gasteiger partial charge in [0.2, 0.25) is 0 Å². The highest BCUT2D eigenvalue weighted by atomic mass is 35.5. The number of nitrogens with one attached hydrogen (secondary N) is 1. The van der Waals surface area contributed by atoms with Crippen molar-refractivity contribution >= 4 is 17.4 Å². The molecule has 3 N–H and O–H groups in total. The Bertz CT molecular complexity index is 366. The maximum atomic E-state index is 13.3. The van der Waals surface area contributed by atoms with Crippen LogP contribution in [-0.4, -0.2) is 18.1 Å². The zero-order chi connectivity index (χ0) is 10.9. The molecule has 3 nitrogen and oxygen atoms in total. The van der Waals surface area contributed by atoms with E-state index in [4.69, 9.17) is 17.3 Å². The number of nitrogens with zero attached hydrogens (tertiary/aromatic N) is 1. The van der Waals surface area contributed by atoms with Crippen LogP contribution in [0.25, 0.3) is 0 Å². The molecule has 0 aliphatic heterocycles. The van der Waals surface area contributed by atoms with Crippen molar-refractivity contribution < 1.29 is 4.39 Å². The van der Waals surface area contributed by atoms with Crippen LogP contribution in [0.1, 0.15) is 12.8 Å². The molecule has 2 rings (SSSR count). The van der Waals surface area contributed by atoms with Gasteiger partial charge < -0.3 is 11.1 Å². The van der Waals surface area contributed by atoms with E-state index in [1.54, 1.807) is 0 Å². The normalized spacial score (nSPS) is 17.5. The van der Waals surface area contributed by atoms with E-state index in [-0.39, 0.29) is 11.2 Å². The highest BCUT2D eigenvalue weighted by Crippen LogP contribution is 2.44. The molecular formula is C10H13ClFN3. The fourth-order valence-electron chi connectivity index (χ4n) is 1.45. The minimum Gasteiger partial charge on any atom is -0.367 e. The quantitative estimate of drug-likeness (QED) is 0.831. The SMILES string of the molecule is NCC1(CNc2ncc(Cl)cc2F)CC1. The highest BCUT2D eigenvalue weighted by Gasteiger charge is 2.40. The van der Waals surface area contributed by atoms with Gasteiger partial charge in [-0.15, -0.1) is 0 Å². The molecule has 0 unspecified atom stereocenters. The Morgan fingerprint density at radius 3 is 2.87 bits per heavy atom. The molecule has 1 aliphatic rings. The molecule has 5 heteroatoms. The summed E-state index contributed by atoms with van der Waals surface area (Å²) in [7, 11) is 0. The van der Waals surface area contributed by atoms with Crippen molar-refractivity contribution in [1.82, 2.24) is 4.98 Å². The summed E-state index contributed by atoms with van der Waals surface area (Å²) >= 11 is 5.60. The molecule has 1 fully saturated rings. The van der Waals surface area contributed by atoms with Gasteiger partial charge in [0.25, 0.3) is 0 Å². The summed E-state index contributed by atoms with van der Waals surface area (Å²) in [4.78, 5) is 3.88. The van der Waals surface area contributed by atoms with Crippen molar-refractivity contribution in [2.45, 2.75) is 12.8 Å². The second-order valence-electron chi connectivity index (χ2n) is 4.04. The Hall–Kier alpha value is -0.870. The first-order chi connectivity index (χ1) is 7.15. The topological polar surface area (TPSA) is 50.9 Å². The van der Waals surface area contributed by atoms with Crippen LogP contribution in [-0.2, 0) is 0 Å². The maximum absolute atomic E-state index is 13.3. The molecule has 0 aromatic carbocycles. The van der Waals surface area contributed by atoms with Crippen molar-refractivity contribution in [1.29, 1.82) is 0 Å². The summed E-state index contributed by atoms with van der Waals surface area (Å²) < 4.78 is 13.3. The molecule has 0 amide bonds. The van der Waals surface area contributed by atoms with Crippen molar-refractivity contribution in [3.63, 3.8) is 0 Å². The highest BCUT2D eigenvalue weighted by molar-refractivity contribution is 6.30. The van der Waals surface area contributed by atoms with Gasteiger partial charge >= 0.3 is 0 Å². The first-order valence-corrected chi connectivity index (χ1v) is 5.28. The molecule has 0 atom stereocenters. The lowest BCUT2D eigenvalue weighted by Crippen LogP contribution is -2.24. The fourth-order valence-corrected chi connectivity index (χ4v) is 1.59. The Morgan fingerprint density at radius 2 is 2.33 bits per heavy atom. The summed E-state index contributed by atoms with van der Waals surface area (Å²) in [6, 6.07) is 1.25. The molecule has 0 bridgehead atoms. The molecule has 0 spiro atoms. The van der Waals surface area contributed by atoms with Crippen LogP contribution in [0.2, 0.25) is 5.02 Å². The van der Waals surface area contributed by atoms with Crippen molar-refractivity contribution in [3.05, 3.63) is 23.1 Å². The second kappa shape index (κ2) is 3.94. The van der Waals surface area contributed by atoms with Gasteiger partial charge in [0, 0.05) is 12.7 Å². The van der Waals surface area contributed by atoms with Crippen LogP contribution in [0.15, 0.2) is 12.3 Å². The van der Waals surface area contributed by atoms with Crippen LogP contribution >= 0.6 is 11.6 Å². The number of pyridine rings is 1. The first kappa shape index (κ1) is 10.6. The Balaban J connectivity index is 1.99. The first-order valence-electron chi connectivity index (χ1n) is 4.90. The van der Waals surface area contributed by atoms with Crippen LogP contribution < -0.4 is 11.1 Å². The average molecular weight is 230 g/mol. The summed E-state index contributed by atoms with van der Waals surface area (Å²) in [6.07, 6.45) is 3.63. The number of anilines is 1. The van der Waals surface area contributed by atoms with Crippen LogP contribution in [0.5, 0.6) is 0 Å². The van der Waals surface area contributed by atoms with E-state index in [0.29, 0.717) is 18.1 Å². The van der Waals surface area contributed by atoms with Gasteiger partial charge in [-0.3, -0.25) is 0 Å². The summed E-state index contributed by atoms with van der Waals surface area (Å²) in [6.45, 7) is 1.31. The zero-order valence-corrected chi connectivity index (χ0v) is 9.02. The molecule has 1 aromatic rings. The van der Waals surface area contributed by atoms with Gasteiger partial charge in [0.15, 0.2) is 11.6 Å². The summed E-state index contributed by atoms with van der Waals surface area (Å²) in [5, 5.41) is 3.27. The van der Waals surface area contributed by atoms with E-state index in [1.165, 1.54) is 12.3 Å². The lowest BCUT2D eigenvalue weighted by atomic mass is 10.1. The number of hydrogen-bond acceptors (Lipinski definition) is 3. The third-order valence-corrected chi connectivity index (χ3v) is 3.04. The van der Waals surface area contributed by atoms with E-state index >= 15 is 0 Å². The molecule has 0 radical (unpaired) electrons. The number of nitrogens with two attached hydrogens (primary N) is 1. The smallest absolute Gasteiger partial charge is 0.166 e. The van der Waals surface area contributed by atoms with Crippen LogP contribution in [0.3, 0.4) is 0 Å². The van der Waals surface area contributed by atoms with E-state index in [0.717, 1.165) is 12.8 Å². The van der Waals surface area contributed by atoms with E-state index < -0.39 is 5.82 Å². The zero-order valence-electron chi connectivity index (χ0n) is 8.26.